The van der Waals surface area contributed by atoms with Gasteiger partial charge < -0.3 is 4.57 Å². The highest BCUT2D eigenvalue weighted by Crippen LogP contribution is 2.39. The van der Waals surface area contributed by atoms with Gasteiger partial charge >= 0.3 is 0 Å². The molecule has 28 heavy (non-hydrogen) atoms. The summed E-state index contributed by atoms with van der Waals surface area (Å²) in [5, 5.41) is 12.2. The first kappa shape index (κ1) is 19.1. The molecule has 1 aromatic carbocycles. The number of rotatable bonds is 6. The minimum absolute atomic E-state index is 0.0324. The summed E-state index contributed by atoms with van der Waals surface area (Å²) in [6.07, 6.45) is 2.41. The van der Waals surface area contributed by atoms with E-state index in [2.05, 4.69) is 14.8 Å². The quantitative estimate of drug-likeness (QED) is 0.534. The Kier molecular flexibility index (Phi) is 5.25. The third-order valence-corrected chi connectivity index (χ3v) is 6.66. The molecular weight excluding hydrogens is 390 g/mol. The molecule has 1 aliphatic carbocycles. The molecule has 1 aliphatic rings. The summed E-state index contributed by atoms with van der Waals surface area (Å²) < 4.78 is 2.23. The first-order valence-electron chi connectivity index (χ1n) is 9.31. The van der Waals surface area contributed by atoms with Gasteiger partial charge in [-0.2, -0.15) is 0 Å². The number of nitrogens with zero attached hydrogens (tertiary/aromatic N) is 5. The summed E-state index contributed by atoms with van der Waals surface area (Å²) in [4.78, 5) is 18.9. The summed E-state index contributed by atoms with van der Waals surface area (Å²) in [5.74, 6) is 1.65. The van der Waals surface area contributed by atoms with Crippen molar-refractivity contribution >= 4 is 39.8 Å². The zero-order valence-electron chi connectivity index (χ0n) is 16.5. The summed E-state index contributed by atoms with van der Waals surface area (Å²) >= 11 is 3.15. The van der Waals surface area contributed by atoms with Gasteiger partial charge in [-0.05, 0) is 44.7 Å². The van der Waals surface area contributed by atoms with Crippen molar-refractivity contribution in [3.8, 4) is 0 Å². The molecule has 2 aromatic heterocycles. The normalized spacial score (nSPS) is 13.7. The molecule has 8 heteroatoms. The lowest BCUT2D eigenvalue weighted by molar-refractivity contribution is -0.115. The van der Waals surface area contributed by atoms with Gasteiger partial charge in [0.25, 0.3) is 0 Å². The average molecular weight is 414 g/mol. The van der Waals surface area contributed by atoms with E-state index in [-0.39, 0.29) is 5.91 Å². The number of thiazole rings is 1. The van der Waals surface area contributed by atoms with Crippen LogP contribution in [0.2, 0.25) is 0 Å². The third-order valence-electron chi connectivity index (χ3n) is 4.81. The summed E-state index contributed by atoms with van der Waals surface area (Å²) in [5.41, 5.74) is 4.00. The maximum atomic E-state index is 12.4. The monoisotopic (exact) mass is 413 g/mol. The fraction of sp³-hybridized carbons (Fsp3) is 0.400. The Morgan fingerprint density at radius 1 is 1.25 bits per heavy atom. The molecule has 6 nitrogen and oxygen atoms in total. The molecule has 1 amide bonds. The number of anilines is 2. The van der Waals surface area contributed by atoms with Crippen LogP contribution in [0.3, 0.4) is 0 Å². The highest BCUT2D eigenvalue weighted by atomic mass is 32.2. The van der Waals surface area contributed by atoms with Gasteiger partial charge in [0, 0.05) is 24.1 Å². The van der Waals surface area contributed by atoms with Crippen molar-refractivity contribution in [3.05, 3.63) is 46.2 Å². The number of carbonyl (C=O) groups excluding carboxylic acids is 1. The Morgan fingerprint density at radius 2 is 1.96 bits per heavy atom. The Morgan fingerprint density at radius 3 is 2.61 bits per heavy atom. The van der Waals surface area contributed by atoms with Crippen molar-refractivity contribution in [3.63, 3.8) is 0 Å². The molecule has 0 saturated heterocycles. The smallest absolute Gasteiger partial charge is 0.230 e. The van der Waals surface area contributed by atoms with Crippen molar-refractivity contribution in [2.75, 3.05) is 4.90 Å². The number of aromatic nitrogens is 4. The van der Waals surface area contributed by atoms with E-state index in [0.717, 1.165) is 33.5 Å². The fourth-order valence-corrected chi connectivity index (χ4v) is 5.27. The first-order chi connectivity index (χ1) is 13.5. The van der Waals surface area contributed by atoms with Gasteiger partial charge in [0.05, 0.1) is 11.4 Å². The molecule has 3 aromatic rings. The maximum absolute atomic E-state index is 12.4. The second kappa shape index (κ2) is 7.67. The highest BCUT2D eigenvalue weighted by molar-refractivity contribution is 7.98. The van der Waals surface area contributed by atoms with Gasteiger partial charge in [-0.3, -0.25) is 9.69 Å². The van der Waals surface area contributed by atoms with E-state index in [0.29, 0.717) is 16.9 Å². The number of amides is 1. The molecule has 0 bridgehead atoms. The minimum Gasteiger partial charge on any atom is -0.303 e. The molecular formula is C20H23N5OS2. The predicted molar refractivity (Wildman–Crippen MR) is 113 cm³/mol. The Bertz CT molecular complexity index is 1000. The molecule has 0 N–H and O–H groups in total. The van der Waals surface area contributed by atoms with Crippen LogP contribution in [-0.4, -0.2) is 25.7 Å². The zero-order chi connectivity index (χ0) is 19.8. The largest absolute Gasteiger partial charge is 0.303 e. The molecule has 1 saturated carbocycles. The van der Waals surface area contributed by atoms with Gasteiger partial charge in [0.1, 0.15) is 5.82 Å². The van der Waals surface area contributed by atoms with E-state index in [1.807, 2.05) is 44.4 Å². The number of thioether (sulfide) groups is 1. The van der Waals surface area contributed by atoms with Crippen LogP contribution in [0.4, 0.5) is 10.8 Å². The number of para-hydroxylation sites is 1. The number of carbonyl (C=O) groups is 1. The molecule has 146 valence electrons. The van der Waals surface area contributed by atoms with Crippen LogP contribution >= 0.6 is 23.1 Å². The molecule has 0 unspecified atom stereocenters. The minimum atomic E-state index is -0.0324. The fourth-order valence-electron chi connectivity index (χ4n) is 3.35. The zero-order valence-corrected chi connectivity index (χ0v) is 18.1. The van der Waals surface area contributed by atoms with E-state index in [9.17, 15) is 4.79 Å². The Labute approximate surface area is 173 Å². The van der Waals surface area contributed by atoms with E-state index >= 15 is 0 Å². The van der Waals surface area contributed by atoms with Crippen molar-refractivity contribution in [1.82, 2.24) is 19.7 Å². The summed E-state index contributed by atoms with van der Waals surface area (Å²) in [7, 11) is 0. The van der Waals surface area contributed by atoms with Crippen LogP contribution in [0.15, 0.2) is 28.7 Å². The standard InChI is InChI=1S/C20H23N5OS2/c1-12-6-5-7-13(2)18(12)25(15(4)26)19-21-16(10-27-19)11-28-20-23-22-14(3)24(20)17-8-9-17/h5-7,10,17H,8-9,11H2,1-4H3. The lowest BCUT2D eigenvalue weighted by atomic mass is 10.1. The van der Waals surface area contributed by atoms with Crippen LogP contribution in [0.5, 0.6) is 0 Å². The average Bonchev–Trinajstić information content (AvgIpc) is 3.25. The van der Waals surface area contributed by atoms with Gasteiger partial charge in [-0.25, -0.2) is 4.98 Å². The number of aryl methyl sites for hydroxylation is 3. The van der Waals surface area contributed by atoms with Gasteiger partial charge in [0.2, 0.25) is 5.91 Å². The molecule has 1 fully saturated rings. The molecule has 2 heterocycles. The molecule has 0 spiro atoms. The van der Waals surface area contributed by atoms with Gasteiger partial charge in [0.15, 0.2) is 10.3 Å². The van der Waals surface area contributed by atoms with E-state index in [4.69, 9.17) is 4.98 Å². The number of benzene rings is 1. The lowest BCUT2D eigenvalue weighted by Crippen LogP contribution is -2.24. The van der Waals surface area contributed by atoms with E-state index < -0.39 is 0 Å². The molecule has 4 rings (SSSR count). The topological polar surface area (TPSA) is 63.9 Å². The van der Waals surface area contributed by atoms with Crippen LogP contribution in [0.1, 0.15) is 48.5 Å². The number of hydrogen-bond acceptors (Lipinski definition) is 6. The second-order valence-corrected chi connectivity index (χ2v) is 8.91. The molecule has 0 aliphatic heterocycles. The van der Waals surface area contributed by atoms with Crippen molar-refractivity contribution in [1.29, 1.82) is 0 Å². The van der Waals surface area contributed by atoms with Crippen molar-refractivity contribution in [2.24, 2.45) is 0 Å². The Balaban J connectivity index is 1.55. The Hall–Kier alpha value is -2.19. The van der Waals surface area contributed by atoms with Crippen LogP contribution < -0.4 is 4.90 Å². The van der Waals surface area contributed by atoms with Crippen LogP contribution in [-0.2, 0) is 10.5 Å². The van der Waals surface area contributed by atoms with Crippen LogP contribution in [0, 0.1) is 20.8 Å². The SMILES string of the molecule is CC(=O)N(c1nc(CSc2nnc(C)n2C2CC2)cs1)c1c(C)cccc1C. The summed E-state index contributed by atoms with van der Waals surface area (Å²) in [6, 6.07) is 6.61. The second-order valence-electron chi connectivity index (χ2n) is 7.14. The maximum Gasteiger partial charge on any atom is 0.230 e. The third kappa shape index (κ3) is 3.71. The van der Waals surface area contributed by atoms with Crippen molar-refractivity contribution < 1.29 is 4.79 Å². The van der Waals surface area contributed by atoms with Crippen LogP contribution in [0.25, 0.3) is 0 Å². The highest BCUT2D eigenvalue weighted by Gasteiger charge is 2.28. The van der Waals surface area contributed by atoms with Gasteiger partial charge in [-0.15, -0.1) is 21.5 Å². The van der Waals surface area contributed by atoms with Gasteiger partial charge in [-0.1, -0.05) is 30.0 Å². The summed E-state index contributed by atoms with van der Waals surface area (Å²) in [6.45, 7) is 7.64. The lowest BCUT2D eigenvalue weighted by Gasteiger charge is -2.22. The first-order valence-corrected chi connectivity index (χ1v) is 11.2. The van der Waals surface area contributed by atoms with Crippen molar-refractivity contribution in [2.45, 2.75) is 57.5 Å². The molecule has 0 radical (unpaired) electrons. The van der Waals surface area contributed by atoms with E-state index in [1.165, 1.54) is 24.2 Å². The predicted octanol–water partition coefficient (Wildman–Crippen LogP) is 4.97. The van der Waals surface area contributed by atoms with E-state index in [1.54, 1.807) is 23.6 Å². The number of hydrogen-bond donors (Lipinski definition) is 0. The molecule has 0 atom stereocenters.